The predicted octanol–water partition coefficient (Wildman–Crippen LogP) is 3.30. The molecule has 1 aliphatic rings. The van der Waals surface area contributed by atoms with E-state index in [2.05, 4.69) is 26.0 Å². The second kappa shape index (κ2) is 5.09. The van der Waals surface area contributed by atoms with Crippen LogP contribution in [0.25, 0.3) is 0 Å². The summed E-state index contributed by atoms with van der Waals surface area (Å²) in [5, 5.41) is 0. The van der Waals surface area contributed by atoms with Gasteiger partial charge in [0.25, 0.3) is 0 Å². The van der Waals surface area contributed by atoms with Gasteiger partial charge in [0.05, 0.1) is 7.11 Å². The normalized spacial score (nSPS) is 24.7. The monoisotopic (exact) mass is 233 g/mol. The van der Waals surface area contributed by atoms with Crippen molar-refractivity contribution in [2.75, 3.05) is 7.11 Å². The van der Waals surface area contributed by atoms with E-state index < -0.39 is 0 Å². The topological polar surface area (TPSA) is 35.2 Å². The molecule has 2 N–H and O–H groups in total. The van der Waals surface area contributed by atoms with Gasteiger partial charge in [-0.2, -0.15) is 0 Å². The van der Waals surface area contributed by atoms with E-state index in [1.54, 1.807) is 7.11 Å². The van der Waals surface area contributed by atoms with E-state index in [4.69, 9.17) is 10.5 Å². The molecule has 1 fully saturated rings. The molecule has 1 aliphatic carbocycles. The van der Waals surface area contributed by atoms with Gasteiger partial charge in [-0.15, -0.1) is 0 Å². The number of nitrogens with two attached hydrogens (primary N) is 1. The Balaban J connectivity index is 2.34. The van der Waals surface area contributed by atoms with E-state index in [9.17, 15) is 0 Å². The number of aryl methyl sites for hydroxylation is 1. The zero-order chi connectivity index (χ0) is 12.4. The van der Waals surface area contributed by atoms with Crippen molar-refractivity contribution in [1.29, 1.82) is 0 Å². The summed E-state index contributed by atoms with van der Waals surface area (Å²) in [4.78, 5) is 0. The summed E-state index contributed by atoms with van der Waals surface area (Å²) < 4.78 is 5.60. The maximum absolute atomic E-state index is 6.08. The fourth-order valence-electron chi connectivity index (χ4n) is 2.91. The first-order valence-corrected chi connectivity index (χ1v) is 6.53. The molecule has 2 rings (SSSR count). The van der Waals surface area contributed by atoms with Gasteiger partial charge in [0, 0.05) is 6.04 Å². The zero-order valence-electron chi connectivity index (χ0n) is 11.1. The van der Waals surface area contributed by atoms with Crippen LogP contribution in [0.3, 0.4) is 0 Å². The Hall–Kier alpha value is -1.02. The standard InChI is InChI=1S/C15H23NO/c1-10-7-8-14(15(17-3)11(10)2)12-5-4-6-13(16)9-12/h7-8,12-13H,4-6,9,16H2,1-3H3. The first kappa shape index (κ1) is 12.4. The van der Waals surface area contributed by atoms with E-state index >= 15 is 0 Å². The molecule has 0 aliphatic heterocycles. The summed E-state index contributed by atoms with van der Waals surface area (Å²) in [5.41, 5.74) is 10.00. The predicted molar refractivity (Wildman–Crippen MR) is 71.7 cm³/mol. The molecule has 0 saturated heterocycles. The largest absolute Gasteiger partial charge is 0.496 e. The van der Waals surface area contributed by atoms with E-state index in [1.165, 1.54) is 36.0 Å². The molecule has 94 valence electrons. The minimum Gasteiger partial charge on any atom is -0.496 e. The smallest absolute Gasteiger partial charge is 0.125 e. The van der Waals surface area contributed by atoms with Gasteiger partial charge in [0.15, 0.2) is 0 Å². The highest BCUT2D eigenvalue weighted by Crippen LogP contribution is 2.39. The molecule has 2 nitrogen and oxygen atoms in total. The van der Waals surface area contributed by atoms with Crippen molar-refractivity contribution in [3.05, 3.63) is 28.8 Å². The second-order valence-corrected chi connectivity index (χ2v) is 5.25. The summed E-state index contributed by atoms with van der Waals surface area (Å²) >= 11 is 0. The Morgan fingerprint density at radius 2 is 2.00 bits per heavy atom. The van der Waals surface area contributed by atoms with E-state index in [0.29, 0.717) is 12.0 Å². The number of ether oxygens (including phenoxy) is 1. The highest BCUT2D eigenvalue weighted by atomic mass is 16.5. The molecular formula is C15H23NO. The molecule has 2 heteroatoms. The number of methoxy groups -OCH3 is 1. The highest BCUT2D eigenvalue weighted by molar-refractivity contribution is 5.47. The average molecular weight is 233 g/mol. The zero-order valence-corrected chi connectivity index (χ0v) is 11.1. The molecule has 0 aromatic heterocycles. The lowest BCUT2D eigenvalue weighted by molar-refractivity contribution is 0.366. The van der Waals surface area contributed by atoms with Crippen LogP contribution in [0.15, 0.2) is 12.1 Å². The molecule has 2 unspecified atom stereocenters. The summed E-state index contributed by atoms with van der Waals surface area (Å²) in [5.74, 6) is 1.65. The Morgan fingerprint density at radius 1 is 1.24 bits per heavy atom. The number of hydrogen-bond acceptors (Lipinski definition) is 2. The van der Waals surface area contributed by atoms with Crippen LogP contribution in [0.5, 0.6) is 5.75 Å². The van der Waals surface area contributed by atoms with Crippen LogP contribution >= 0.6 is 0 Å². The Morgan fingerprint density at radius 3 is 2.65 bits per heavy atom. The van der Waals surface area contributed by atoms with Crippen molar-refractivity contribution in [3.63, 3.8) is 0 Å². The van der Waals surface area contributed by atoms with Gasteiger partial charge >= 0.3 is 0 Å². The molecule has 1 aromatic carbocycles. The van der Waals surface area contributed by atoms with Gasteiger partial charge in [0.1, 0.15) is 5.75 Å². The maximum Gasteiger partial charge on any atom is 0.125 e. The third-order valence-corrected chi connectivity index (χ3v) is 4.07. The Bertz CT molecular complexity index is 400. The van der Waals surface area contributed by atoms with E-state index in [0.717, 1.165) is 12.2 Å². The van der Waals surface area contributed by atoms with Gasteiger partial charge in [-0.25, -0.2) is 0 Å². The van der Waals surface area contributed by atoms with Gasteiger partial charge < -0.3 is 10.5 Å². The van der Waals surface area contributed by atoms with Gasteiger partial charge in [-0.3, -0.25) is 0 Å². The van der Waals surface area contributed by atoms with Crippen LogP contribution in [0.4, 0.5) is 0 Å². The van der Waals surface area contributed by atoms with Crippen LogP contribution in [0, 0.1) is 13.8 Å². The Labute approximate surface area is 104 Å². The molecule has 17 heavy (non-hydrogen) atoms. The fourth-order valence-corrected chi connectivity index (χ4v) is 2.91. The van der Waals surface area contributed by atoms with Gasteiger partial charge in [-0.1, -0.05) is 18.6 Å². The van der Waals surface area contributed by atoms with Crippen LogP contribution in [-0.4, -0.2) is 13.2 Å². The average Bonchev–Trinajstić information content (AvgIpc) is 2.32. The van der Waals surface area contributed by atoms with Gasteiger partial charge in [-0.05, 0) is 55.7 Å². The van der Waals surface area contributed by atoms with Crippen LogP contribution in [0.2, 0.25) is 0 Å². The lowest BCUT2D eigenvalue weighted by Crippen LogP contribution is -2.27. The number of hydrogen-bond donors (Lipinski definition) is 1. The SMILES string of the molecule is COc1c(C2CCCC(N)C2)ccc(C)c1C. The first-order chi connectivity index (χ1) is 8.13. The Kier molecular flexibility index (Phi) is 3.72. The third-order valence-electron chi connectivity index (χ3n) is 4.07. The van der Waals surface area contributed by atoms with Gasteiger partial charge in [0.2, 0.25) is 0 Å². The molecular weight excluding hydrogens is 210 g/mol. The van der Waals surface area contributed by atoms with Crippen LogP contribution < -0.4 is 10.5 Å². The lowest BCUT2D eigenvalue weighted by Gasteiger charge is -2.28. The molecule has 0 radical (unpaired) electrons. The van der Waals surface area contributed by atoms with Crippen LogP contribution in [-0.2, 0) is 0 Å². The minimum atomic E-state index is 0.361. The lowest BCUT2D eigenvalue weighted by atomic mass is 9.80. The minimum absolute atomic E-state index is 0.361. The number of benzene rings is 1. The summed E-state index contributed by atoms with van der Waals surface area (Å²) in [6.07, 6.45) is 4.75. The van der Waals surface area contributed by atoms with Crippen molar-refractivity contribution in [1.82, 2.24) is 0 Å². The molecule has 1 saturated carbocycles. The van der Waals surface area contributed by atoms with E-state index in [-0.39, 0.29) is 0 Å². The summed E-state index contributed by atoms with van der Waals surface area (Å²) in [6, 6.07) is 4.79. The fraction of sp³-hybridized carbons (Fsp3) is 0.600. The summed E-state index contributed by atoms with van der Waals surface area (Å²) in [7, 11) is 1.77. The highest BCUT2D eigenvalue weighted by Gasteiger charge is 2.24. The van der Waals surface area contributed by atoms with Crippen molar-refractivity contribution < 1.29 is 4.74 Å². The molecule has 0 bridgehead atoms. The van der Waals surface area contributed by atoms with Crippen molar-refractivity contribution in [3.8, 4) is 5.75 Å². The third kappa shape index (κ3) is 2.47. The quantitative estimate of drug-likeness (QED) is 0.850. The molecule has 0 amide bonds. The van der Waals surface area contributed by atoms with E-state index in [1.807, 2.05) is 0 Å². The maximum atomic E-state index is 6.08. The second-order valence-electron chi connectivity index (χ2n) is 5.25. The number of rotatable bonds is 2. The van der Waals surface area contributed by atoms with Crippen molar-refractivity contribution in [2.45, 2.75) is 51.5 Å². The molecule has 1 aromatic rings. The molecule has 0 spiro atoms. The first-order valence-electron chi connectivity index (χ1n) is 6.53. The molecule has 2 atom stereocenters. The van der Waals surface area contributed by atoms with Crippen molar-refractivity contribution in [2.24, 2.45) is 5.73 Å². The summed E-state index contributed by atoms with van der Waals surface area (Å²) in [6.45, 7) is 4.27. The van der Waals surface area contributed by atoms with Crippen LogP contribution in [0.1, 0.15) is 48.3 Å². The van der Waals surface area contributed by atoms with Crippen molar-refractivity contribution >= 4 is 0 Å². The molecule has 0 heterocycles.